The molecule has 0 aromatic carbocycles. The Morgan fingerprint density at radius 2 is 1.25 bits per heavy atom. The van der Waals surface area contributed by atoms with Gasteiger partial charge in [0.05, 0.1) is 13.1 Å². The molecular formula is C6H10Cl2N2O2. The van der Waals surface area contributed by atoms with Crippen LogP contribution in [0.5, 0.6) is 0 Å². The molecular weight excluding hydrogens is 203 g/mol. The standard InChI is InChI=1S/C6H10Cl2N2O2/c1-5(11)9(7)3-4-10(8)6(2)12/h3-4H2,1-2H3. The fourth-order valence-electron chi connectivity index (χ4n) is 0.490. The molecule has 2 amide bonds. The van der Waals surface area contributed by atoms with Crippen LogP contribution in [-0.2, 0) is 9.59 Å². The largest absolute Gasteiger partial charge is 0.274 e. The molecule has 0 saturated heterocycles. The van der Waals surface area contributed by atoms with Crippen molar-refractivity contribution in [1.82, 2.24) is 8.84 Å². The van der Waals surface area contributed by atoms with Gasteiger partial charge in [-0.2, -0.15) is 0 Å². The first-order valence-corrected chi connectivity index (χ1v) is 4.00. The first kappa shape index (κ1) is 11.5. The topological polar surface area (TPSA) is 40.6 Å². The molecule has 0 heterocycles. The van der Waals surface area contributed by atoms with Crippen LogP contribution in [0.2, 0.25) is 0 Å². The van der Waals surface area contributed by atoms with E-state index in [2.05, 4.69) is 0 Å². The summed E-state index contributed by atoms with van der Waals surface area (Å²) in [5.74, 6) is -0.546. The van der Waals surface area contributed by atoms with Gasteiger partial charge in [0, 0.05) is 37.4 Å². The summed E-state index contributed by atoms with van der Waals surface area (Å²) in [4.78, 5) is 21.1. The van der Waals surface area contributed by atoms with Crippen molar-refractivity contribution in [3.8, 4) is 0 Å². The van der Waals surface area contributed by atoms with Crippen molar-refractivity contribution in [2.24, 2.45) is 0 Å². The number of nitrogens with zero attached hydrogens (tertiary/aromatic N) is 2. The van der Waals surface area contributed by atoms with Gasteiger partial charge >= 0.3 is 0 Å². The Bertz CT molecular complexity index is 166. The average molecular weight is 213 g/mol. The monoisotopic (exact) mass is 212 g/mol. The van der Waals surface area contributed by atoms with Crippen LogP contribution in [0.25, 0.3) is 0 Å². The second-order valence-corrected chi connectivity index (χ2v) is 3.03. The Morgan fingerprint density at radius 3 is 1.42 bits per heavy atom. The van der Waals surface area contributed by atoms with Crippen molar-refractivity contribution in [1.29, 1.82) is 0 Å². The molecule has 70 valence electrons. The molecule has 0 bridgehead atoms. The molecule has 0 N–H and O–H groups in total. The molecule has 0 atom stereocenters. The number of rotatable bonds is 3. The predicted octanol–water partition coefficient (Wildman–Crippen LogP) is 0.991. The van der Waals surface area contributed by atoms with Gasteiger partial charge in [0.1, 0.15) is 0 Å². The van der Waals surface area contributed by atoms with Crippen LogP contribution in [0.1, 0.15) is 13.8 Å². The van der Waals surface area contributed by atoms with Gasteiger partial charge in [0.25, 0.3) is 0 Å². The van der Waals surface area contributed by atoms with Crippen molar-refractivity contribution >= 4 is 35.4 Å². The van der Waals surface area contributed by atoms with Crippen LogP contribution in [0.15, 0.2) is 0 Å². The van der Waals surface area contributed by atoms with E-state index >= 15 is 0 Å². The van der Waals surface area contributed by atoms with Gasteiger partial charge in [0.2, 0.25) is 11.8 Å². The highest BCUT2D eigenvalue weighted by Crippen LogP contribution is 1.99. The summed E-state index contributed by atoms with van der Waals surface area (Å²) in [7, 11) is 0. The number of carbonyl (C=O) groups excluding carboxylic acids is 2. The summed E-state index contributed by atoms with van der Waals surface area (Å²) >= 11 is 10.9. The van der Waals surface area contributed by atoms with E-state index in [1.807, 2.05) is 0 Å². The molecule has 0 aliphatic heterocycles. The summed E-state index contributed by atoms with van der Waals surface area (Å²) in [6.07, 6.45) is 0. The zero-order valence-corrected chi connectivity index (χ0v) is 8.39. The summed E-state index contributed by atoms with van der Waals surface area (Å²) in [5.41, 5.74) is 0. The zero-order valence-electron chi connectivity index (χ0n) is 6.88. The number of amides is 2. The van der Waals surface area contributed by atoms with E-state index in [0.29, 0.717) is 0 Å². The fraction of sp³-hybridized carbons (Fsp3) is 0.667. The molecule has 0 aromatic rings. The molecule has 0 aliphatic rings. The van der Waals surface area contributed by atoms with Gasteiger partial charge in [-0.3, -0.25) is 18.4 Å². The third-order valence-electron chi connectivity index (χ3n) is 1.18. The van der Waals surface area contributed by atoms with Crippen LogP contribution >= 0.6 is 23.6 Å². The van der Waals surface area contributed by atoms with E-state index in [-0.39, 0.29) is 24.9 Å². The molecule has 0 rings (SSSR count). The van der Waals surface area contributed by atoms with Gasteiger partial charge in [-0.05, 0) is 0 Å². The summed E-state index contributed by atoms with van der Waals surface area (Å²) in [6, 6.07) is 0. The molecule has 0 spiro atoms. The first-order valence-electron chi connectivity index (χ1n) is 3.33. The lowest BCUT2D eigenvalue weighted by Gasteiger charge is -2.15. The van der Waals surface area contributed by atoms with Gasteiger partial charge < -0.3 is 0 Å². The molecule has 0 unspecified atom stereocenters. The number of carbonyl (C=O) groups is 2. The van der Waals surface area contributed by atoms with E-state index < -0.39 is 0 Å². The molecule has 0 aromatic heterocycles. The molecule has 12 heavy (non-hydrogen) atoms. The van der Waals surface area contributed by atoms with E-state index in [4.69, 9.17) is 23.6 Å². The van der Waals surface area contributed by atoms with Crippen LogP contribution in [-0.4, -0.2) is 33.7 Å². The van der Waals surface area contributed by atoms with E-state index in [0.717, 1.165) is 8.84 Å². The minimum atomic E-state index is -0.273. The molecule has 0 aliphatic carbocycles. The Hall–Kier alpha value is -0.480. The average Bonchev–Trinajstić information content (AvgIpc) is 1.98. The Balaban J connectivity index is 3.68. The summed E-state index contributed by atoms with van der Waals surface area (Å²) in [5, 5.41) is 0. The quantitative estimate of drug-likeness (QED) is 0.656. The van der Waals surface area contributed by atoms with E-state index in [1.165, 1.54) is 13.8 Å². The Kier molecular flexibility index (Phi) is 5.01. The lowest BCUT2D eigenvalue weighted by atomic mass is 10.5. The smallest absolute Gasteiger partial charge is 0.233 e. The third-order valence-corrected chi connectivity index (χ3v) is 1.99. The highest BCUT2D eigenvalue weighted by molar-refractivity contribution is 6.22. The second kappa shape index (κ2) is 5.22. The molecule has 0 saturated carbocycles. The van der Waals surface area contributed by atoms with Gasteiger partial charge in [0.15, 0.2) is 0 Å². The SMILES string of the molecule is CC(=O)N(Cl)CCN(Cl)C(C)=O. The second-order valence-electron chi connectivity index (χ2n) is 2.21. The molecule has 0 radical (unpaired) electrons. The van der Waals surface area contributed by atoms with E-state index in [9.17, 15) is 9.59 Å². The lowest BCUT2D eigenvalue weighted by Crippen LogP contribution is -2.30. The molecule has 0 fully saturated rings. The Morgan fingerprint density at radius 1 is 1.00 bits per heavy atom. The van der Waals surface area contributed by atoms with Crippen molar-refractivity contribution < 1.29 is 9.59 Å². The van der Waals surface area contributed by atoms with Crippen LogP contribution in [0, 0.1) is 0 Å². The fourth-order valence-corrected chi connectivity index (χ4v) is 0.642. The first-order chi connectivity index (χ1) is 5.45. The van der Waals surface area contributed by atoms with Gasteiger partial charge in [-0.15, -0.1) is 0 Å². The summed E-state index contributed by atoms with van der Waals surface area (Å²) in [6.45, 7) is 3.11. The van der Waals surface area contributed by atoms with Crippen molar-refractivity contribution in [3.63, 3.8) is 0 Å². The van der Waals surface area contributed by atoms with Gasteiger partial charge in [-0.1, -0.05) is 0 Å². The number of halogens is 2. The number of hydrogen-bond acceptors (Lipinski definition) is 2. The minimum absolute atomic E-state index is 0.222. The summed E-state index contributed by atoms with van der Waals surface area (Å²) < 4.78 is 1.94. The van der Waals surface area contributed by atoms with Crippen LogP contribution < -0.4 is 0 Å². The maximum absolute atomic E-state index is 10.6. The van der Waals surface area contributed by atoms with Crippen LogP contribution in [0.4, 0.5) is 0 Å². The third kappa shape index (κ3) is 4.41. The lowest BCUT2D eigenvalue weighted by molar-refractivity contribution is -0.127. The zero-order chi connectivity index (χ0) is 9.72. The van der Waals surface area contributed by atoms with Crippen molar-refractivity contribution in [2.75, 3.05) is 13.1 Å². The van der Waals surface area contributed by atoms with Crippen molar-refractivity contribution in [3.05, 3.63) is 0 Å². The van der Waals surface area contributed by atoms with Crippen molar-refractivity contribution in [2.45, 2.75) is 13.8 Å². The maximum atomic E-state index is 10.6. The molecule has 6 heteroatoms. The normalized spacial score (nSPS) is 9.33. The highest BCUT2D eigenvalue weighted by atomic mass is 35.5. The van der Waals surface area contributed by atoms with Crippen LogP contribution in [0.3, 0.4) is 0 Å². The van der Waals surface area contributed by atoms with Gasteiger partial charge in [-0.25, -0.2) is 0 Å². The highest BCUT2D eigenvalue weighted by Gasteiger charge is 2.09. The number of hydrogen-bond donors (Lipinski definition) is 0. The predicted molar refractivity (Wildman–Crippen MR) is 46.5 cm³/mol. The minimum Gasteiger partial charge on any atom is -0.274 e. The maximum Gasteiger partial charge on any atom is 0.233 e. The Labute approximate surface area is 81.2 Å². The van der Waals surface area contributed by atoms with E-state index in [1.54, 1.807) is 0 Å². The molecule has 4 nitrogen and oxygen atoms in total.